The summed E-state index contributed by atoms with van der Waals surface area (Å²) in [7, 11) is 0. The summed E-state index contributed by atoms with van der Waals surface area (Å²) in [4.78, 5) is 0. The van der Waals surface area contributed by atoms with Gasteiger partial charge in [-0.15, -0.1) is 0 Å². The molecule has 0 spiro atoms. The molecule has 76 valence electrons. The number of hydrogen-bond donors (Lipinski definition) is 2. The van der Waals surface area contributed by atoms with E-state index in [1.54, 1.807) is 0 Å². The Bertz CT molecular complexity index is 321. The molecule has 2 N–H and O–H groups in total. The molecule has 2 rings (SSSR count). The molecule has 0 aromatic heterocycles. The molecule has 0 saturated heterocycles. The second kappa shape index (κ2) is 3.79. The minimum atomic E-state index is -0.745. The lowest BCUT2D eigenvalue weighted by atomic mass is 10.1. The molecule has 2 nitrogen and oxygen atoms in total. The fraction of sp³-hybridized carbons (Fsp3) is 0.455. The van der Waals surface area contributed by atoms with Crippen molar-refractivity contribution in [3.8, 4) is 0 Å². The minimum Gasteiger partial charge on any atom is -0.371 e. The van der Waals surface area contributed by atoms with Crippen LogP contribution in [0.5, 0.6) is 0 Å². The van der Waals surface area contributed by atoms with Crippen LogP contribution in [0.15, 0.2) is 24.3 Å². The summed E-state index contributed by atoms with van der Waals surface area (Å²) < 4.78 is 0. The Morgan fingerprint density at radius 1 is 1.21 bits per heavy atom. The number of benzene rings is 1. The molecule has 1 aliphatic carbocycles. The third kappa shape index (κ3) is 2.02. The summed E-state index contributed by atoms with van der Waals surface area (Å²) in [6.07, 6.45) is 3.76. The van der Waals surface area contributed by atoms with E-state index in [0.29, 0.717) is 5.02 Å². The standard InChI is InChI=1S/C11H14ClNO/c12-9-5-1-2-6-10(9)13-11(14)7-3-4-8-11/h1-2,5-6,13-14H,3-4,7-8H2. The molecule has 0 aliphatic heterocycles. The molecule has 0 heterocycles. The lowest BCUT2D eigenvalue weighted by Crippen LogP contribution is -2.34. The van der Waals surface area contributed by atoms with Gasteiger partial charge in [-0.3, -0.25) is 0 Å². The van der Waals surface area contributed by atoms with Crippen LogP contribution in [0.1, 0.15) is 25.7 Å². The van der Waals surface area contributed by atoms with Crippen LogP contribution in [-0.4, -0.2) is 10.8 Å². The van der Waals surface area contributed by atoms with Crippen molar-refractivity contribution in [3.05, 3.63) is 29.3 Å². The van der Waals surface area contributed by atoms with E-state index in [1.807, 2.05) is 24.3 Å². The van der Waals surface area contributed by atoms with Gasteiger partial charge < -0.3 is 10.4 Å². The first kappa shape index (κ1) is 9.81. The third-order valence-electron chi connectivity index (χ3n) is 2.67. The third-order valence-corrected chi connectivity index (χ3v) is 3.00. The number of hydrogen-bond acceptors (Lipinski definition) is 2. The van der Waals surface area contributed by atoms with E-state index < -0.39 is 5.72 Å². The molecule has 3 heteroatoms. The molecule has 0 amide bonds. The first-order valence-corrected chi connectivity index (χ1v) is 5.33. The maximum Gasteiger partial charge on any atom is 0.135 e. The molecule has 0 atom stereocenters. The van der Waals surface area contributed by atoms with Crippen LogP contribution in [0.25, 0.3) is 0 Å². The molecule has 1 aromatic carbocycles. The van der Waals surface area contributed by atoms with Crippen molar-refractivity contribution in [2.24, 2.45) is 0 Å². The van der Waals surface area contributed by atoms with Gasteiger partial charge >= 0.3 is 0 Å². The van der Waals surface area contributed by atoms with Gasteiger partial charge in [0.05, 0.1) is 10.7 Å². The maximum absolute atomic E-state index is 10.1. The van der Waals surface area contributed by atoms with E-state index in [4.69, 9.17) is 11.6 Å². The largest absolute Gasteiger partial charge is 0.371 e. The van der Waals surface area contributed by atoms with Crippen LogP contribution in [0.4, 0.5) is 5.69 Å². The highest BCUT2D eigenvalue weighted by molar-refractivity contribution is 6.33. The van der Waals surface area contributed by atoms with Crippen LogP contribution >= 0.6 is 11.6 Å². The Morgan fingerprint density at radius 2 is 1.86 bits per heavy atom. The van der Waals surface area contributed by atoms with Gasteiger partial charge in [0.15, 0.2) is 0 Å². The quantitative estimate of drug-likeness (QED) is 0.738. The molecule has 0 unspecified atom stereocenters. The zero-order valence-corrected chi connectivity index (χ0v) is 8.72. The summed E-state index contributed by atoms with van der Waals surface area (Å²) in [6.45, 7) is 0. The Labute approximate surface area is 88.9 Å². The van der Waals surface area contributed by atoms with Crippen molar-refractivity contribution in [2.75, 3.05) is 5.32 Å². The van der Waals surface area contributed by atoms with Crippen molar-refractivity contribution in [3.63, 3.8) is 0 Å². The van der Waals surface area contributed by atoms with Gasteiger partial charge in [-0.05, 0) is 37.8 Å². The molecule has 14 heavy (non-hydrogen) atoms. The fourth-order valence-electron chi connectivity index (χ4n) is 1.90. The number of nitrogens with one attached hydrogen (secondary N) is 1. The van der Waals surface area contributed by atoms with Gasteiger partial charge in [-0.1, -0.05) is 23.7 Å². The van der Waals surface area contributed by atoms with Crippen LogP contribution in [-0.2, 0) is 0 Å². The van der Waals surface area contributed by atoms with E-state index in [-0.39, 0.29) is 0 Å². The van der Waals surface area contributed by atoms with E-state index in [2.05, 4.69) is 5.32 Å². The van der Waals surface area contributed by atoms with Crippen LogP contribution in [0.2, 0.25) is 5.02 Å². The zero-order valence-electron chi connectivity index (χ0n) is 7.96. The van der Waals surface area contributed by atoms with Crippen LogP contribution in [0, 0.1) is 0 Å². The van der Waals surface area contributed by atoms with E-state index in [0.717, 1.165) is 31.4 Å². The topological polar surface area (TPSA) is 32.3 Å². The van der Waals surface area contributed by atoms with Crippen molar-refractivity contribution in [1.82, 2.24) is 0 Å². The molecular weight excluding hydrogens is 198 g/mol. The average molecular weight is 212 g/mol. The molecule has 1 fully saturated rings. The van der Waals surface area contributed by atoms with Crippen molar-refractivity contribution in [2.45, 2.75) is 31.4 Å². The number of halogens is 1. The van der Waals surface area contributed by atoms with E-state index >= 15 is 0 Å². The van der Waals surface area contributed by atoms with Gasteiger partial charge in [0.25, 0.3) is 0 Å². The van der Waals surface area contributed by atoms with Gasteiger partial charge in [0, 0.05) is 0 Å². The molecule has 0 radical (unpaired) electrons. The van der Waals surface area contributed by atoms with Gasteiger partial charge in [-0.2, -0.15) is 0 Å². The lowest BCUT2D eigenvalue weighted by Gasteiger charge is -2.25. The van der Waals surface area contributed by atoms with Gasteiger partial charge in [0.2, 0.25) is 0 Å². The Balaban J connectivity index is 2.14. The zero-order chi connectivity index (χ0) is 10.0. The highest BCUT2D eigenvalue weighted by Gasteiger charge is 2.30. The smallest absolute Gasteiger partial charge is 0.135 e. The van der Waals surface area contributed by atoms with Gasteiger partial charge in [-0.25, -0.2) is 0 Å². The average Bonchev–Trinajstić information content (AvgIpc) is 2.57. The second-order valence-corrected chi connectivity index (χ2v) is 4.25. The van der Waals surface area contributed by atoms with Crippen LogP contribution < -0.4 is 5.32 Å². The lowest BCUT2D eigenvalue weighted by molar-refractivity contribution is 0.0779. The monoisotopic (exact) mass is 211 g/mol. The van der Waals surface area contributed by atoms with E-state index in [1.165, 1.54) is 0 Å². The predicted molar refractivity (Wildman–Crippen MR) is 58.5 cm³/mol. The second-order valence-electron chi connectivity index (χ2n) is 3.84. The van der Waals surface area contributed by atoms with E-state index in [9.17, 15) is 5.11 Å². The molecule has 0 bridgehead atoms. The molecule has 1 aliphatic rings. The number of rotatable bonds is 2. The fourth-order valence-corrected chi connectivity index (χ4v) is 2.08. The number of para-hydroxylation sites is 1. The van der Waals surface area contributed by atoms with Gasteiger partial charge in [0.1, 0.15) is 5.72 Å². The first-order valence-electron chi connectivity index (χ1n) is 4.95. The highest BCUT2D eigenvalue weighted by atomic mass is 35.5. The number of anilines is 1. The Hall–Kier alpha value is -0.730. The summed E-state index contributed by atoms with van der Waals surface area (Å²) in [5.74, 6) is 0. The molecular formula is C11H14ClNO. The van der Waals surface area contributed by atoms with Crippen molar-refractivity contribution < 1.29 is 5.11 Å². The van der Waals surface area contributed by atoms with Crippen LogP contribution in [0.3, 0.4) is 0 Å². The Morgan fingerprint density at radius 3 is 2.50 bits per heavy atom. The van der Waals surface area contributed by atoms with Crippen molar-refractivity contribution in [1.29, 1.82) is 0 Å². The Kier molecular flexibility index (Phi) is 2.66. The predicted octanol–water partition coefficient (Wildman–Crippen LogP) is 3.01. The highest BCUT2D eigenvalue weighted by Crippen LogP contribution is 2.32. The summed E-state index contributed by atoms with van der Waals surface area (Å²) in [5, 5.41) is 13.9. The summed E-state index contributed by atoms with van der Waals surface area (Å²) >= 11 is 5.99. The first-order chi connectivity index (χ1) is 6.70. The maximum atomic E-state index is 10.1. The number of aliphatic hydroxyl groups is 1. The minimum absolute atomic E-state index is 0.660. The molecule has 1 saturated carbocycles. The SMILES string of the molecule is OC1(Nc2ccccc2Cl)CCCC1. The van der Waals surface area contributed by atoms with Crippen molar-refractivity contribution >= 4 is 17.3 Å². The normalized spacial score (nSPS) is 19.6. The summed E-state index contributed by atoms with van der Waals surface area (Å²) in [5.41, 5.74) is 0.0731. The summed E-state index contributed by atoms with van der Waals surface area (Å²) in [6, 6.07) is 7.50. The molecule has 1 aromatic rings.